The molecule has 0 radical (unpaired) electrons. The lowest BCUT2D eigenvalue weighted by Crippen LogP contribution is -2.39. The van der Waals surface area contributed by atoms with Gasteiger partial charge in [0.1, 0.15) is 12.6 Å². The van der Waals surface area contributed by atoms with E-state index in [4.69, 9.17) is 5.11 Å². The van der Waals surface area contributed by atoms with Gasteiger partial charge < -0.3 is 10.4 Å². The van der Waals surface area contributed by atoms with Crippen LogP contribution < -0.4 is 10.00 Å². The zero-order valence-corrected chi connectivity index (χ0v) is 9.30. The molecule has 0 aliphatic heterocycles. The molecule has 90 valence electrons. The van der Waals surface area contributed by atoms with Gasteiger partial charge in [-0.1, -0.05) is 10.8 Å². The molecule has 1 aromatic rings. The van der Waals surface area contributed by atoms with Crippen LogP contribution in [-0.2, 0) is 11.3 Å². The molecule has 0 fully saturated rings. The first-order chi connectivity index (χ1) is 8.13. The van der Waals surface area contributed by atoms with Crippen molar-refractivity contribution < 1.29 is 19.4 Å². The van der Waals surface area contributed by atoms with Crippen LogP contribution in [0.1, 0.15) is 16.8 Å². The number of aliphatic carboxylic acids is 1. The molecule has 6 nitrogen and oxygen atoms in total. The fourth-order valence-corrected chi connectivity index (χ4v) is 1.13. The van der Waals surface area contributed by atoms with Gasteiger partial charge in [-0.15, -0.1) is 6.58 Å². The fraction of sp³-hybridized carbons (Fsp3) is 0.273. The molecule has 1 amide bonds. The number of carboxylic acids is 1. The Morgan fingerprint density at radius 2 is 2.35 bits per heavy atom. The maximum atomic E-state index is 11.5. The SMILES string of the molecule is C=CCNC(=O)c1cc[n+](CCC(=O)O)nc1. The average molecular weight is 236 g/mol. The lowest BCUT2D eigenvalue weighted by atomic mass is 10.3. The standard InChI is InChI=1S/C11H13N3O3/c1-2-5-12-11(17)9-3-6-14(13-8-9)7-4-10(15)16/h2-3,6,8H,1,4-5,7H2,(H-,12,15,16,17)/p+1. The van der Waals surface area contributed by atoms with E-state index in [2.05, 4.69) is 17.0 Å². The van der Waals surface area contributed by atoms with Crippen LogP contribution in [0.5, 0.6) is 0 Å². The summed E-state index contributed by atoms with van der Waals surface area (Å²) in [4.78, 5) is 21.8. The van der Waals surface area contributed by atoms with E-state index in [1.165, 1.54) is 10.9 Å². The van der Waals surface area contributed by atoms with E-state index in [-0.39, 0.29) is 18.9 Å². The van der Waals surface area contributed by atoms with Crippen molar-refractivity contribution in [3.05, 3.63) is 36.7 Å². The molecule has 0 saturated heterocycles. The van der Waals surface area contributed by atoms with Gasteiger partial charge >= 0.3 is 5.97 Å². The summed E-state index contributed by atoms with van der Waals surface area (Å²) in [5, 5.41) is 15.1. The molecule has 0 unspecified atom stereocenters. The molecule has 2 N–H and O–H groups in total. The summed E-state index contributed by atoms with van der Waals surface area (Å²) >= 11 is 0. The van der Waals surface area contributed by atoms with E-state index in [1.807, 2.05) is 0 Å². The molecule has 0 bridgehead atoms. The second-order valence-corrected chi connectivity index (χ2v) is 3.32. The number of carboxylic acid groups (broad SMARTS) is 1. The molecular formula is C11H14N3O3+. The first-order valence-corrected chi connectivity index (χ1v) is 5.10. The van der Waals surface area contributed by atoms with Gasteiger partial charge in [0.2, 0.25) is 0 Å². The number of nitrogens with one attached hydrogen (secondary N) is 1. The third-order valence-corrected chi connectivity index (χ3v) is 2.00. The fourth-order valence-electron chi connectivity index (χ4n) is 1.13. The second kappa shape index (κ2) is 6.37. The molecule has 0 atom stereocenters. The highest BCUT2D eigenvalue weighted by molar-refractivity contribution is 5.93. The first kappa shape index (κ1) is 12.8. The highest BCUT2D eigenvalue weighted by atomic mass is 16.4. The van der Waals surface area contributed by atoms with E-state index >= 15 is 0 Å². The minimum Gasteiger partial charge on any atom is -0.481 e. The summed E-state index contributed by atoms with van der Waals surface area (Å²) in [7, 11) is 0. The molecular weight excluding hydrogens is 222 g/mol. The minimum atomic E-state index is -0.882. The van der Waals surface area contributed by atoms with Crippen molar-refractivity contribution in [2.24, 2.45) is 0 Å². The van der Waals surface area contributed by atoms with Gasteiger partial charge in [0.15, 0.2) is 12.7 Å². The maximum absolute atomic E-state index is 11.5. The van der Waals surface area contributed by atoms with E-state index in [1.54, 1.807) is 18.3 Å². The number of hydrogen-bond acceptors (Lipinski definition) is 3. The van der Waals surface area contributed by atoms with E-state index in [9.17, 15) is 9.59 Å². The Bertz CT molecular complexity index is 414. The van der Waals surface area contributed by atoms with Crippen LogP contribution in [0.25, 0.3) is 0 Å². The first-order valence-electron chi connectivity index (χ1n) is 5.10. The van der Waals surface area contributed by atoms with Crippen LogP contribution >= 0.6 is 0 Å². The van der Waals surface area contributed by atoms with E-state index in [0.717, 1.165) is 0 Å². The molecule has 0 aliphatic carbocycles. The van der Waals surface area contributed by atoms with Crippen molar-refractivity contribution >= 4 is 11.9 Å². The van der Waals surface area contributed by atoms with Crippen molar-refractivity contribution in [2.45, 2.75) is 13.0 Å². The predicted molar refractivity (Wildman–Crippen MR) is 59.2 cm³/mol. The number of rotatable bonds is 6. The lowest BCUT2D eigenvalue weighted by Gasteiger charge is -2.00. The Hall–Kier alpha value is -2.24. The smallest absolute Gasteiger partial charge is 0.309 e. The normalized spacial score (nSPS) is 9.65. The maximum Gasteiger partial charge on any atom is 0.309 e. The molecule has 1 heterocycles. The van der Waals surface area contributed by atoms with E-state index < -0.39 is 5.97 Å². The highest BCUT2D eigenvalue weighted by Gasteiger charge is 2.10. The summed E-state index contributed by atoms with van der Waals surface area (Å²) in [6.45, 7) is 4.17. The Kier molecular flexibility index (Phi) is 4.80. The highest BCUT2D eigenvalue weighted by Crippen LogP contribution is 1.92. The zero-order valence-electron chi connectivity index (χ0n) is 9.30. The van der Waals surface area contributed by atoms with Crippen molar-refractivity contribution in [3.63, 3.8) is 0 Å². The summed E-state index contributed by atoms with van der Waals surface area (Å²) in [6, 6.07) is 1.59. The third-order valence-electron chi connectivity index (χ3n) is 2.00. The van der Waals surface area contributed by atoms with Crippen LogP contribution in [0.3, 0.4) is 0 Å². The van der Waals surface area contributed by atoms with Crippen LogP contribution in [0.4, 0.5) is 0 Å². The van der Waals surface area contributed by atoms with Crippen LogP contribution in [-0.4, -0.2) is 28.6 Å². The molecule has 6 heteroatoms. The third kappa shape index (κ3) is 4.42. The molecule has 0 aromatic carbocycles. The van der Waals surface area contributed by atoms with E-state index in [0.29, 0.717) is 12.1 Å². The van der Waals surface area contributed by atoms with Gasteiger partial charge in [0, 0.05) is 12.6 Å². The van der Waals surface area contributed by atoms with Crippen molar-refractivity contribution in [2.75, 3.05) is 6.54 Å². The predicted octanol–water partition coefficient (Wildman–Crippen LogP) is -0.240. The summed E-state index contributed by atoms with van der Waals surface area (Å²) < 4.78 is 1.47. The van der Waals surface area contributed by atoms with Gasteiger partial charge in [-0.2, -0.15) is 0 Å². The number of hydrogen-bond donors (Lipinski definition) is 2. The molecule has 1 rings (SSSR count). The molecule has 0 aliphatic rings. The number of amides is 1. The van der Waals surface area contributed by atoms with Crippen molar-refractivity contribution in [1.82, 2.24) is 10.4 Å². The van der Waals surface area contributed by atoms with Gasteiger partial charge in [0.25, 0.3) is 5.91 Å². The Morgan fingerprint density at radius 1 is 1.59 bits per heavy atom. The van der Waals surface area contributed by atoms with Gasteiger partial charge in [0.05, 0.1) is 5.56 Å². The van der Waals surface area contributed by atoms with Gasteiger partial charge in [-0.3, -0.25) is 9.59 Å². The zero-order chi connectivity index (χ0) is 12.7. The average Bonchev–Trinajstić information content (AvgIpc) is 2.34. The van der Waals surface area contributed by atoms with Crippen LogP contribution in [0.15, 0.2) is 31.1 Å². The molecule has 17 heavy (non-hydrogen) atoms. The topological polar surface area (TPSA) is 83.2 Å². The quantitative estimate of drug-likeness (QED) is 0.527. The Labute approximate surface area is 98.6 Å². The summed E-state index contributed by atoms with van der Waals surface area (Å²) in [5.41, 5.74) is 0.429. The van der Waals surface area contributed by atoms with Crippen molar-refractivity contribution in [1.29, 1.82) is 0 Å². The Morgan fingerprint density at radius 3 is 2.88 bits per heavy atom. The summed E-state index contributed by atoms with van der Waals surface area (Å²) in [6.07, 6.45) is 4.56. The molecule has 1 aromatic heterocycles. The number of aryl methyl sites for hydroxylation is 1. The number of aromatic nitrogens is 2. The molecule has 0 spiro atoms. The monoisotopic (exact) mass is 236 g/mol. The second-order valence-electron chi connectivity index (χ2n) is 3.32. The number of carbonyl (C=O) groups is 2. The van der Waals surface area contributed by atoms with Crippen LogP contribution in [0, 0.1) is 0 Å². The van der Waals surface area contributed by atoms with Gasteiger partial charge in [-0.25, -0.2) is 0 Å². The molecule has 0 saturated carbocycles. The van der Waals surface area contributed by atoms with Gasteiger partial charge in [-0.05, 0) is 5.10 Å². The minimum absolute atomic E-state index is 0.000324. The largest absolute Gasteiger partial charge is 0.481 e. The number of nitrogens with zero attached hydrogens (tertiary/aromatic N) is 2. The van der Waals surface area contributed by atoms with Crippen LogP contribution in [0.2, 0.25) is 0 Å². The summed E-state index contributed by atoms with van der Waals surface area (Å²) in [5.74, 6) is -1.12. The number of carbonyl (C=O) groups excluding carboxylic acids is 1. The Balaban J connectivity index is 2.57. The lowest BCUT2D eigenvalue weighted by molar-refractivity contribution is -0.753. The van der Waals surface area contributed by atoms with Crippen molar-refractivity contribution in [3.8, 4) is 0 Å².